The number of allylic oxidation sites excluding steroid dienone is 4. The van der Waals surface area contributed by atoms with E-state index in [0.29, 0.717) is 0 Å². The van der Waals surface area contributed by atoms with Crippen molar-refractivity contribution >= 4 is 0 Å². The summed E-state index contributed by atoms with van der Waals surface area (Å²) in [7, 11) is 0. The van der Waals surface area contributed by atoms with Gasteiger partial charge in [-0.3, -0.25) is 0 Å². The maximum absolute atomic E-state index is 2.44. The summed E-state index contributed by atoms with van der Waals surface area (Å²) in [6.07, 6.45) is 17.8. The van der Waals surface area contributed by atoms with E-state index in [-0.39, 0.29) is 0 Å². The molecule has 2 aliphatic carbocycles. The Labute approximate surface area is 133 Å². The zero-order chi connectivity index (χ0) is 15.2. The van der Waals surface area contributed by atoms with E-state index < -0.39 is 0 Å². The summed E-state index contributed by atoms with van der Waals surface area (Å²) >= 11 is 0. The van der Waals surface area contributed by atoms with Crippen LogP contribution in [-0.4, -0.2) is 0 Å². The van der Waals surface area contributed by atoms with E-state index in [9.17, 15) is 0 Å². The molecule has 0 heterocycles. The van der Waals surface area contributed by atoms with Crippen LogP contribution in [0.4, 0.5) is 0 Å². The maximum atomic E-state index is 2.44. The molecule has 0 unspecified atom stereocenters. The third kappa shape index (κ3) is 5.01. The van der Waals surface area contributed by atoms with Gasteiger partial charge in [-0.25, -0.2) is 0 Å². The number of hydrogen-bond acceptors (Lipinski definition) is 0. The van der Waals surface area contributed by atoms with Crippen molar-refractivity contribution in [3.8, 4) is 0 Å². The van der Waals surface area contributed by atoms with Crippen LogP contribution in [0, 0.1) is 23.7 Å². The molecule has 2 rings (SSSR count). The van der Waals surface area contributed by atoms with E-state index in [0.717, 1.165) is 23.7 Å². The lowest BCUT2D eigenvalue weighted by Crippen LogP contribution is -2.25. The molecule has 0 saturated heterocycles. The Hall–Kier alpha value is -0.520. The van der Waals surface area contributed by atoms with Crippen molar-refractivity contribution in [3.63, 3.8) is 0 Å². The molecular formula is C21H36. The molecule has 21 heavy (non-hydrogen) atoms. The summed E-state index contributed by atoms with van der Waals surface area (Å²) in [6.45, 7) is 9.27. The van der Waals surface area contributed by atoms with Crippen molar-refractivity contribution < 1.29 is 0 Å². The van der Waals surface area contributed by atoms with Gasteiger partial charge in [-0.15, -0.1) is 0 Å². The quantitative estimate of drug-likeness (QED) is 0.492. The number of hydrogen-bond donors (Lipinski definition) is 0. The van der Waals surface area contributed by atoms with Gasteiger partial charge in [-0.1, -0.05) is 50.0 Å². The summed E-state index contributed by atoms with van der Waals surface area (Å²) in [6, 6.07) is 0. The average molecular weight is 289 g/mol. The van der Waals surface area contributed by atoms with Gasteiger partial charge >= 0.3 is 0 Å². The number of rotatable bonds is 4. The fraction of sp³-hybridized carbons (Fsp3) is 0.810. The molecule has 0 N–H and O–H groups in total. The first kappa shape index (κ1) is 16.8. The van der Waals surface area contributed by atoms with Gasteiger partial charge in [-0.05, 0) is 82.5 Å². The zero-order valence-corrected chi connectivity index (χ0v) is 14.8. The first-order chi connectivity index (χ1) is 10.1. The Kier molecular flexibility index (Phi) is 6.58. The fourth-order valence-electron chi connectivity index (χ4n) is 4.33. The van der Waals surface area contributed by atoms with Gasteiger partial charge in [0, 0.05) is 0 Å². The highest BCUT2D eigenvalue weighted by atomic mass is 14.4. The third-order valence-electron chi connectivity index (χ3n) is 6.33. The molecule has 0 aliphatic heterocycles. The largest absolute Gasteiger partial charge is 0.0736 e. The van der Waals surface area contributed by atoms with Gasteiger partial charge in [0.1, 0.15) is 0 Å². The molecular weight excluding hydrogens is 252 g/mol. The van der Waals surface area contributed by atoms with Gasteiger partial charge < -0.3 is 0 Å². The second-order valence-corrected chi connectivity index (χ2v) is 7.91. The van der Waals surface area contributed by atoms with E-state index in [4.69, 9.17) is 0 Å². The minimum Gasteiger partial charge on any atom is -0.0736 e. The van der Waals surface area contributed by atoms with Crippen LogP contribution in [0.1, 0.15) is 85.5 Å². The predicted molar refractivity (Wildman–Crippen MR) is 94.4 cm³/mol. The van der Waals surface area contributed by atoms with Crippen molar-refractivity contribution in [2.24, 2.45) is 23.7 Å². The Morgan fingerprint density at radius 1 is 0.810 bits per heavy atom. The smallest absolute Gasteiger partial charge is 0.0203 e. The Morgan fingerprint density at radius 3 is 1.86 bits per heavy atom. The van der Waals surface area contributed by atoms with E-state index in [2.05, 4.69) is 39.8 Å². The van der Waals surface area contributed by atoms with Crippen molar-refractivity contribution in [2.45, 2.75) is 85.5 Å². The predicted octanol–water partition coefficient (Wildman–Crippen LogP) is 6.92. The molecule has 0 nitrogen and oxygen atoms in total. The molecule has 0 aromatic heterocycles. The molecule has 0 atom stereocenters. The summed E-state index contributed by atoms with van der Waals surface area (Å²) in [5.74, 6) is 3.98. The van der Waals surface area contributed by atoms with Gasteiger partial charge in [-0.2, -0.15) is 0 Å². The lowest BCUT2D eigenvalue weighted by atomic mass is 9.68. The molecule has 2 saturated carbocycles. The SMILES string of the molecule is CCC(C)=CC=C(C)C1CCC(C2CCC(C)CC2)CC1. The van der Waals surface area contributed by atoms with Gasteiger partial charge in [0.2, 0.25) is 0 Å². The molecule has 0 radical (unpaired) electrons. The average Bonchev–Trinajstić information content (AvgIpc) is 2.53. The molecule has 0 spiro atoms. The van der Waals surface area contributed by atoms with Crippen molar-refractivity contribution in [1.82, 2.24) is 0 Å². The maximum Gasteiger partial charge on any atom is -0.0203 e. The molecule has 120 valence electrons. The minimum absolute atomic E-state index is 0.865. The fourth-order valence-corrected chi connectivity index (χ4v) is 4.33. The standard InChI is InChI=1S/C21H36/c1-5-16(2)6-9-18(4)19-12-14-21(15-13-19)20-10-7-17(3)8-11-20/h6,9,17,19-21H,5,7-8,10-15H2,1-4H3. The topological polar surface area (TPSA) is 0 Å². The van der Waals surface area contributed by atoms with Gasteiger partial charge in [0.25, 0.3) is 0 Å². The highest BCUT2D eigenvalue weighted by Crippen LogP contribution is 2.42. The first-order valence-electron chi connectivity index (χ1n) is 9.44. The third-order valence-corrected chi connectivity index (χ3v) is 6.33. The second-order valence-electron chi connectivity index (χ2n) is 7.91. The van der Waals surface area contributed by atoms with Crippen LogP contribution in [-0.2, 0) is 0 Å². The molecule has 2 aliphatic rings. The van der Waals surface area contributed by atoms with Gasteiger partial charge in [0.15, 0.2) is 0 Å². The van der Waals surface area contributed by atoms with E-state index in [1.165, 1.54) is 63.4 Å². The highest BCUT2D eigenvalue weighted by molar-refractivity contribution is 5.17. The summed E-state index contributed by atoms with van der Waals surface area (Å²) in [4.78, 5) is 0. The Balaban J connectivity index is 1.80. The van der Waals surface area contributed by atoms with Crippen LogP contribution in [0.25, 0.3) is 0 Å². The van der Waals surface area contributed by atoms with Gasteiger partial charge in [0.05, 0.1) is 0 Å². The first-order valence-corrected chi connectivity index (χ1v) is 9.44. The monoisotopic (exact) mass is 288 g/mol. The highest BCUT2D eigenvalue weighted by Gasteiger charge is 2.30. The molecule has 0 heteroatoms. The Bertz CT molecular complexity index is 357. The van der Waals surface area contributed by atoms with Crippen LogP contribution in [0.5, 0.6) is 0 Å². The lowest BCUT2D eigenvalue weighted by molar-refractivity contribution is 0.158. The normalized spacial score (nSPS) is 35.8. The van der Waals surface area contributed by atoms with Crippen molar-refractivity contribution in [2.75, 3.05) is 0 Å². The van der Waals surface area contributed by atoms with Crippen molar-refractivity contribution in [3.05, 3.63) is 23.3 Å². The van der Waals surface area contributed by atoms with E-state index in [1.54, 1.807) is 5.57 Å². The van der Waals surface area contributed by atoms with Crippen LogP contribution in [0.3, 0.4) is 0 Å². The summed E-state index contributed by atoms with van der Waals surface area (Å²) in [5.41, 5.74) is 3.12. The summed E-state index contributed by atoms with van der Waals surface area (Å²) in [5, 5.41) is 0. The molecule has 0 aromatic rings. The van der Waals surface area contributed by atoms with E-state index in [1.807, 2.05) is 0 Å². The van der Waals surface area contributed by atoms with Crippen LogP contribution in [0.2, 0.25) is 0 Å². The minimum atomic E-state index is 0.865. The second kappa shape index (κ2) is 8.20. The molecule has 2 fully saturated rings. The molecule has 0 bridgehead atoms. The van der Waals surface area contributed by atoms with Crippen LogP contribution >= 0.6 is 0 Å². The lowest BCUT2D eigenvalue weighted by Gasteiger charge is -2.37. The van der Waals surface area contributed by atoms with Crippen LogP contribution < -0.4 is 0 Å². The molecule has 0 amide bonds. The van der Waals surface area contributed by atoms with Crippen molar-refractivity contribution in [1.29, 1.82) is 0 Å². The molecule has 0 aromatic carbocycles. The zero-order valence-electron chi connectivity index (χ0n) is 14.8. The Morgan fingerprint density at radius 2 is 1.33 bits per heavy atom. The van der Waals surface area contributed by atoms with E-state index >= 15 is 0 Å². The summed E-state index contributed by atoms with van der Waals surface area (Å²) < 4.78 is 0. The van der Waals surface area contributed by atoms with Crippen LogP contribution in [0.15, 0.2) is 23.3 Å².